The third-order valence-corrected chi connectivity index (χ3v) is 4.58. The molecular weight excluding hydrogens is 319 g/mol. The Morgan fingerprint density at radius 1 is 1.56 bits per heavy atom. The molecule has 1 aromatic rings. The van der Waals surface area contributed by atoms with Crippen molar-refractivity contribution in [1.82, 2.24) is 5.43 Å². The Hall–Kier alpha value is -2.42. The number of fused-ring (bicyclic) bond motifs is 1. The van der Waals surface area contributed by atoms with Crippen molar-refractivity contribution in [2.45, 2.75) is 58.4 Å². The number of carbonyl (C=O) groups excluding carboxylic acids is 1. The van der Waals surface area contributed by atoms with Gasteiger partial charge in [0.1, 0.15) is 12.2 Å². The van der Waals surface area contributed by atoms with Gasteiger partial charge in [0.2, 0.25) is 0 Å². The second-order valence-electron chi connectivity index (χ2n) is 7.13. The molecule has 0 aromatic heterocycles. The first kappa shape index (κ1) is 18.9. The molecule has 0 spiro atoms. The monoisotopic (exact) mass is 344 g/mol. The summed E-state index contributed by atoms with van der Waals surface area (Å²) in [6.07, 6.45) is 3.00. The van der Waals surface area contributed by atoms with E-state index in [1.54, 1.807) is 12.1 Å². The number of hydrogen-bond donors (Lipinski definition) is 1. The number of nitriles is 1. The summed E-state index contributed by atoms with van der Waals surface area (Å²) in [5, 5.41) is 12.2. The van der Waals surface area contributed by atoms with Crippen LogP contribution in [-0.2, 0) is 4.79 Å². The van der Waals surface area contributed by atoms with E-state index in [-0.39, 0.29) is 17.8 Å². The minimum Gasteiger partial charge on any atom is -0.366 e. The first-order valence-electron chi connectivity index (χ1n) is 8.60. The van der Waals surface area contributed by atoms with Crippen molar-refractivity contribution in [3.05, 3.63) is 29.1 Å². The Bertz CT molecular complexity index is 721. The number of carbonyl (C=O) groups is 1. The van der Waals surface area contributed by atoms with Crippen LogP contribution in [0.1, 0.15) is 64.0 Å². The van der Waals surface area contributed by atoms with Gasteiger partial charge in [-0.1, -0.05) is 13.8 Å². The van der Waals surface area contributed by atoms with Gasteiger partial charge in [-0.2, -0.15) is 10.4 Å². The van der Waals surface area contributed by atoms with Crippen LogP contribution in [0.15, 0.2) is 17.2 Å². The van der Waals surface area contributed by atoms with Crippen molar-refractivity contribution in [2.24, 2.45) is 5.10 Å². The fourth-order valence-electron chi connectivity index (χ4n) is 3.55. The molecule has 1 aromatic carbocycles. The summed E-state index contributed by atoms with van der Waals surface area (Å²) < 4.78 is 14.6. The summed E-state index contributed by atoms with van der Waals surface area (Å²) in [6, 6.07) is 5.12. The highest BCUT2D eigenvalue weighted by Crippen LogP contribution is 2.44. The highest BCUT2D eigenvalue weighted by Gasteiger charge is 2.36. The van der Waals surface area contributed by atoms with Gasteiger partial charge >= 0.3 is 0 Å². The minimum absolute atomic E-state index is 0.0181. The van der Waals surface area contributed by atoms with Gasteiger partial charge in [0, 0.05) is 23.3 Å². The normalized spacial score (nSPS) is 18.7. The molecule has 1 atom stereocenters. The summed E-state index contributed by atoms with van der Waals surface area (Å²) in [4.78, 5) is 13.5. The summed E-state index contributed by atoms with van der Waals surface area (Å²) in [5.41, 5.74) is 4.57. The molecule has 1 unspecified atom stereocenters. The molecule has 1 aliphatic heterocycles. The first-order valence-corrected chi connectivity index (χ1v) is 8.60. The van der Waals surface area contributed by atoms with Crippen molar-refractivity contribution in [3.63, 3.8) is 0 Å². The average molecular weight is 344 g/mol. The summed E-state index contributed by atoms with van der Waals surface area (Å²) in [5.74, 6) is -0.580. The van der Waals surface area contributed by atoms with Crippen LogP contribution in [0.5, 0.6) is 0 Å². The molecule has 0 aliphatic carbocycles. The molecular formula is C19H25FN4O. The van der Waals surface area contributed by atoms with Gasteiger partial charge in [-0.3, -0.25) is 4.79 Å². The largest absolute Gasteiger partial charge is 0.366 e. The van der Waals surface area contributed by atoms with E-state index in [9.17, 15) is 9.18 Å². The lowest BCUT2D eigenvalue weighted by molar-refractivity contribution is -0.120. The van der Waals surface area contributed by atoms with Crippen LogP contribution in [0, 0.1) is 17.1 Å². The van der Waals surface area contributed by atoms with E-state index in [1.165, 1.54) is 6.21 Å². The average Bonchev–Trinajstić information content (AvgIpc) is 2.52. The summed E-state index contributed by atoms with van der Waals surface area (Å²) in [7, 11) is 0. The fourth-order valence-corrected chi connectivity index (χ4v) is 3.55. The first-order chi connectivity index (χ1) is 11.8. The van der Waals surface area contributed by atoms with E-state index in [0.717, 1.165) is 30.6 Å². The van der Waals surface area contributed by atoms with Gasteiger partial charge in [0.15, 0.2) is 0 Å². The molecule has 1 N–H and O–H groups in total. The number of anilines is 1. The molecule has 0 fully saturated rings. The van der Waals surface area contributed by atoms with Crippen LogP contribution in [0.25, 0.3) is 0 Å². The maximum Gasteiger partial charge on any atom is 0.254 e. The maximum atomic E-state index is 14.6. The Morgan fingerprint density at radius 2 is 2.28 bits per heavy atom. The molecule has 0 saturated heterocycles. The summed E-state index contributed by atoms with van der Waals surface area (Å²) in [6.45, 7) is 9.54. The van der Waals surface area contributed by atoms with Crippen LogP contribution >= 0.6 is 0 Å². The van der Waals surface area contributed by atoms with Crippen molar-refractivity contribution in [2.75, 3.05) is 11.4 Å². The number of rotatable bonds is 5. The van der Waals surface area contributed by atoms with Crippen molar-refractivity contribution >= 4 is 17.8 Å². The van der Waals surface area contributed by atoms with Crippen LogP contribution < -0.4 is 10.3 Å². The van der Waals surface area contributed by atoms with E-state index in [4.69, 9.17) is 5.26 Å². The minimum atomic E-state index is -0.513. The third kappa shape index (κ3) is 4.16. The molecule has 1 heterocycles. The zero-order valence-corrected chi connectivity index (χ0v) is 15.3. The SMILES string of the molecule is CCCN1c2cc(F)c(/C=N\NC(=O)CC#N)cc2C(C)CC1(C)C. The Morgan fingerprint density at radius 3 is 2.92 bits per heavy atom. The van der Waals surface area contributed by atoms with Gasteiger partial charge in [-0.05, 0) is 50.3 Å². The molecule has 2 rings (SSSR count). The number of hydrazone groups is 1. The molecule has 5 nitrogen and oxygen atoms in total. The van der Waals surface area contributed by atoms with Crippen molar-refractivity contribution in [3.8, 4) is 6.07 Å². The Balaban J connectivity index is 2.34. The predicted octanol–water partition coefficient (Wildman–Crippen LogP) is 3.69. The predicted molar refractivity (Wildman–Crippen MR) is 97.1 cm³/mol. The van der Waals surface area contributed by atoms with Gasteiger partial charge in [0.05, 0.1) is 12.3 Å². The van der Waals surface area contributed by atoms with Crippen LogP contribution in [0.2, 0.25) is 0 Å². The van der Waals surface area contributed by atoms with Gasteiger partial charge < -0.3 is 4.90 Å². The van der Waals surface area contributed by atoms with Gasteiger partial charge in [-0.15, -0.1) is 0 Å². The number of amides is 1. The van der Waals surface area contributed by atoms with Crippen molar-refractivity contribution in [1.29, 1.82) is 5.26 Å². The Labute approximate surface area is 148 Å². The smallest absolute Gasteiger partial charge is 0.254 e. The van der Waals surface area contributed by atoms with Gasteiger partial charge in [-0.25, -0.2) is 9.82 Å². The lowest BCUT2D eigenvalue weighted by Crippen LogP contribution is -2.48. The highest BCUT2D eigenvalue weighted by molar-refractivity contribution is 5.84. The molecule has 0 saturated carbocycles. The van der Waals surface area contributed by atoms with E-state index in [2.05, 4.69) is 43.1 Å². The van der Waals surface area contributed by atoms with E-state index >= 15 is 0 Å². The zero-order chi connectivity index (χ0) is 18.6. The molecule has 1 aliphatic rings. The van der Waals surface area contributed by atoms with E-state index in [0.29, 0.717) is 11.5 Å². The van der Waals surface area contributed by atoms with Gasteiger partial charge in [0.25, 0.3) is 5.91 Å². The lowest BCUT2D eigenvalue weighted by atomic mass is 9.79. The standard InChI is InChI=1S/C19H25FN4O/c1-5-8-24-17-10-16(20)14(12-22-23-18(25)6-7-21)9-15(17)13(2)11-19(24,3)4/h9-10,12-13H,5-6,8,11H2,1-4H3,(H,23,25)/b22-12-. The summed E-state index contributed by atoms with van der Waals surface area (Å²) >= 11 is 0. The quantitative estimate of drug-likeness (QED) is 0.654. The Kier molecular flexibility index (Phi) is 5.78. The molecule has 6 heteroatoms. The van der Waals surface area contributed by atoms with Crippen molar-refractivity contribution < 1.29 is 9.18 Å². The fraction of sp³-hybridized carbons (Fsp3) is 0.526. The molecule has 25 heavy (non-hydrogen) atoms. The number of halogens is 1. The van der Waals surface area contributed by atoms with E-state index < -0.39 is 5.91 Å². The molecule has 134 valence electrons. The van der Waals surface area contributed by atoms with Crippen LogP contribution in [0.4, 0.5) is 10.1 Å². The third-order valence-electron chi connectivity index (χ3n) is 4.58. The zero-order valence-electron chi connectivity index (χ0n) is 15.3. The molecule has 1 amide bonds. The lowest BCUT2D eigenvalue weighted by Gasteiger charge is -2.47. The number of hydrogen-bond acceptors (Lipinski definition) is 4. The topological polar surface area (TPSA) is 68.5 Å². The number of nitrogens with one attached hydrogen (secondary N) is 1. The van der Waals surface area contributed by atoms with Crippen LogP contribution in [-0.4, -0.2) is 24.2 Å². The number of nitrogens with zero attached hydrogens (tertiary/aromatic N) is 3. The maximum absolute atomic E-state index is 14.6. The molecule has 0 bridgehead atoms. The molecule has 0 radical (unpaired) electrons. The highest BCUT2D eigenvalue weighted by atomic mass is 19.1. The van der Waals surface area contributed by atoms with Crippen LogP contribution in [0.3, 0.4) is 0 Å². The second-order valence-corrected chi connectivity index (χ2v) is 7.13. The number of benzene rings is 1. The van der Waals surface area contributed by atoms with E-state index in [1.807, 2.05) is 6.07 Å². The second kappa shape index (κ2) is 7.64.